The molecule has 13 rings (SSSR count). The molecule has 0 amide bonds. The summed E-state index contributed by atoms with van der Waals surface area (Å²) in [5, 5.41) is 12.4. The van der Waals surface area contributed by atoms with E-state index in [1.165, 1.54) is 69.0 Å². The second kappa shape index (κ2) is 9.94. The molecule has 0 bridgehead atoms. The lowest BCUT2D eigenvalue weighted by Crippen LogP contribution is -2.04. The molecule has 8 aromatic carbocycles. The predicted octanol–water partition coefficient (Wildman–Crippen LogP) is 13.1. The first-order valence-electron chi connectivity index (χ1n) is 18.0. The molecule has 4 nitrogen and oxygen atoms in total. The molecule has 0 aliphatic heterocycles. The van der Waals surface area contributed by atoms with E-state index in [0.29, 0.717) is 0 Å². The van der Waals surface area contributed by atoms with Crippen LogP contribution in [0.5, 0.6) is 0 Å². The van der Waals surface area contributed by atoms with Gasteiger partial charge in [-0.3, -0.25) is 4.57 Å². The van der Waals surface area contributed by atoms with E-state index in [4.69, 9.17) is 9.97 Å². The lowest BCUT2D eigenvalue weighted by molar-refractivity contribution is 1.08. The zero-order valence-electron chi connectivity index (χ0n) is 28.2. The van der Waals surface area contributed by atoms with Crippen LogP contribution in [-0.2, 0) is 0 Å². The Kier molecular flexibility index (Phi) is 5.22. The summed E-state index contributed by atoms with van der Waals surface area (Å²) in [7, 11) is 0. The van der Waals surface area contributed by atoms with Crippen molar-refractivity contribution >= 4 is 113 Å². The van der Waals surface area contributed by atoms with E-state index in [9.17, 15) is 0 Å². The van der Waals surface area contributed by atoms with Crippen molar-refractivity contribution in [2.24, 2.45) is 0 Å². The fourth-order valence-electron chi connectivity index (χ4n) is 9.28. The average molecular weight is 691 g/mol. The highest BCUT2D eigenvalue weighted by Gasteiger charge is 2.27. The lowest BCUT2D eigenvalue weighted by Gasteiger charge is -2.15. The molecule has 0 radical (unpaired) electrons. The largest absolute Gasteiger partial charge is 0.308 e. The Morgan fingerprint density at radius 1 is 0.434 bits per heavy atom. The Balaban J connectivity index is 1.35. The maximum atomic E-state index is 5.67. The van der Waals surface area contributed by atoms with Gasteiger partial charge < -0.3 is 4.40 Å². The number of nitrogens with zero attached hydrogens (tertiary/aromatic N) is 4. The zero-order valence-corrected chi connectivity index (χ0v) is 29.0. The fraction of sp³-hybridized carbons (Fsp3) is 0. The smallest absolute Gasteiger partial charge is 0.165 e. The van der Waals surface area contributed by atoms with Crippen molar-refractivity contribution in [1.29, 1.82) is 0 Å². The van der Waals surface area contributed by atoms with Crippen molar-refractivity contribution in [1.82, 2.24) is 18.9 Å². The van der Waals surface area contributed by atoms with Gasteiger partial charge in [0.05, 0.1) is 38.6 Å². The van der Waals surface area contributed by atoms with Gasteiger partial charge in [-0.15, -0.1) is 11.3 Å². The van der Waals surface area contributed by atoms with Crippen molar-refractivity contribution in [3.8, 4) is 17.1 Å². The van der Waals surface area contributed by atoms with E-state index in [1.807, 2.05) is 11.3 Å². The summed E-state index contributed by atoms with van der Waals surface area (Å²) in [6.07, 6.45) is 0. The number of rotatable bonds is 2. The minimum atomic E-state index is 0.833. The van der Waals surface area contributed by atoms with Crippen molar-refractivity contribution in [2.45, 2.75) is 0 Å². The van der Waals surface area contributed by atoms with Crippen molar-refractivity contribution in [2.75, 3.05) is 0 Å². The average Bonchev–Trinajstić information content (AvgIpc) is 3.84. The second-order valence-electron chi connectivity index (χ2n) is 14.1. The third-order valence-electron chi connectivity index (χ3n) is 11.4. The topological polar surface area (TPSA) is 35.1 Å². The standard InChI is InChI=1S/C48H26N4S/c1-2-13-28(14-3-1)45-48(50-46-29-15-5-4-12-27(29)24-25-34(46)49-45)52-37-22-11-21-36-43(37)44-38(52)26-40-41(32-17-7-9-23-39(32)53-40)42(44)33-19-10-18-31-30-16-6-8-20-35(30)51(36)47(31)33/h1-26H. The molecule has 53 heavy (non-hydrogen) atoms. The van der Waals surface area contributed by atoms with Crippen LogP contribution in [-0.4, -0.2) is 18.9 Å². The first kappa shape index (κ1) is 27.8. The van der Waals surface area contributed by atoms with E-state index in [0.717, 1.165) is 49.9 Å². The monoisotopic (exact) mass is 690 g/mol. The Bertz CT molecular complexity index is 3680. The molecule has 5 heteroatoms. The van der Waals surface area contributed by atoms with E-state index >= 15 is 0 Å². The van der Waals surface area contributed by atoms with Gasteiger partial charge in [0.2, 0.25) is 0 Å². The normalized spacial score (nSPS) is 12.5. The molecule has 0 aliphatic rings. The van der Waals surface area contributed by atoms with Crippen LogP contribution >= 0.6 is 11.3 Å². The molecule has 0 saturated heterocycles. The summed E-state index contributed by atoms with van der Waals surface area (Å²) in [6, 6.07) is 57.1. The summed E-state index contributed by atoms with van der Waals surface area (Å²) in [4.78, 5) is 11.1. The number of thiophene rings is 1. The van der Waals surface area contributed by atoms with Crippen molar-refractivity contribution in [3.63, 3.8) is 0 Å². The maximum absolute atomic E-state index is 5.67. The molecule has 5 aromatic heterocycles. The Morgan fingerprint density at radius 2 is 1.15 bits per heavy atom. The van der Waals surface area contributed by atoms with Crippen LogP contribution in [0.15, 0.2) is 158 Å². The third kappa shape index (κ3) is 3.50. The molecule has 0 aliphatic carbocycles. The van der Waals surface area contributed by atoms with E-state index in [-0.39, 0.29) is 0 Å². The van der Waals surface area contributed by atoms with Gasteiger partial charge in [0.15, 0.2) is 5.82 Å². The first-order valence-corrected chi connectivity index (χ1v) is 18.8. The SMILES string of the molecule is c1ccc(-c2nc3ccc4ccccc4c3nc2-n2c3cc4sc5ccccc5c4c4c5cccc6c7ccccc7n(c7cccc2c7c43)c65)cc1. The van der Waals surface area contributed by atoms with E-state index in [1.54, 1.807) is 0 Å². The fourth-order valence-corrected chi connectivity index (χ4v) is 10.4. The first-order chi connectivity index (χ1) is 26.3. The Morgan fingerprint density at radius 3 is 2.08 bits per heavy atom. The van der Waals surface area contributed by atoms with Gasteiger partial charge in [-0.2, -0.15) is 0 Å². The number of para-hydroxylation sites is 2. The maximum Gasteiger partial charge on any atom is 0.165 e. The molecule has 0 atom stereocenters. The van der Waals surface area contributed by atoms with Gasteiger partial charge in [0, 0.05) is 63.4 Å². The Hall–Kier alpha value is -6.82. The van der Waals surface area contributed by atoms with Crippen LogP contribution in [0.4, 0.5) is 0 Å². The lowest BCUT2D eigenvalue weighted by atomic mass is 9.99. The molecule has 0 spiro atoms. The van der Waals surface area contributed by atoms with Gasteiger partial charge in [-0.1, -0.05) is 121 Å². The van der Waals surface area contributed by atoms with Crippen LogP contribution in [0.1, 0.15) is 0 Å². The predicted molar refractivity (Wildman–Crippen MR) is 224 cm³/mol. The Labute approximate surface area is 305 Å². The van der Waals surface area contributed by atoms with Gasteiger partial charge in [0.1, 0.15) is 5.69 Å². The molecular weight excluding hydrogens is 665 g/mol. The van der Waals surface area contributed by atoms with Gasteiger partial charge in [0.25, 0.3) is 0 Å². The van der Waals surface area contributed by atoms with Crippen LogP contribution in [0.3, 0.4) is 0 Å². The number of benzene rings is 8. The molecule has 244 valence electrons. The highest BCUT2D eigenvalue weighted by Crippen LogP contribution is 2.50. The summed E-state index contributed by atoms with van der Waals surface area (Å²) >= 11 is 1.87. The summed E-state index contributed by atoms with van der Waals surface area (Å²) in [5.74, 6) is 0.833. The minimum absolute atomic E-state index is 0.833. The second-order valence-corrected chi connectivity index (χ2v) is 15.2. The van der Waals surface area contributed by atoms with Crippen LogP contribution < -0.4 is 0 Å². The molecule has 0 unspecified atom stereocenters. The van der Waals surface area contributed by atoms with Gasteiger partial charge >= 0.3 is 0 Å². The summed E-state index contributed by atoms with van der Waals surface area (Å²) < 4.78 is 7.49. The third-order valence-corrected chi connectivity index (χ3v) is 12.5. The molecule has 0 fully saturated rings. The molecule has 0 N–H and O–H groups in total. The van der Waals surface area contributed by atoms with Crippen LogP contribution in [0.2, 0.25) is 0 Å². The van der Waals surface area contributed by atoms with Crippen molar-refractivity contribution in [3.05, 3.63) is 158 Å². The zero-order chi connectivity index (χ0) is 34.4. The summed E-state index contributed by atoms with van der Waals surface area (Å²) in [5.41, 5.74) is 9.60. The molecule has 0 saturated carbocycles. The van der Waals surface area contributed by atoms with Gasteiger partial charge in [-0.25, -0.2) is 9.97 Å². The van der Waals surface area contributed by atoms with Crippen molar-refractivity contribution < 1.29 is 0 Å². The quantitative estimate of drug-likeness (QED) is 0.169. The highest BCUT2D eigenvalue weighted by atomic mass is 32.1. The molecule has 5 heterocycles. The minimum Gasteiger partial charge on any atom is -0.308 e. The van der Waals surface area contributed by atoms with Crippen LogP contribution in [0, 0.1) is 0 Å². The number of hydrogen-bond donors (Lipinski definition) is 0. The van der Waals surface area contributed by atoms with E-state index in [2.05, 4.69) is 167 Å². The molecule has 13 aromatic rings. The van der Waals surface area contributed by atoms with E-state index < -0.39 is 0 Å². The number of aromatic nitrogens is 4. The molecular formula is C48H26N4S. The summed E-state index contributed by atoms with van der Waals surface area (Å²) in [6.45, 7) is 0. The number of hydrogen-bond acceptors (Lipinski definition) is 3. The van der Waals surface area contributed by atoms with Gasteiger partial charge in [-0.05, 0) is 41.8 Å². The number of fused-ring (bicyclic) bond motifs is 12. The highest BCUT2D eigenvalue weighted by molar-refractivity contribution is 7.26. The van der Waals surface area contributed by atoms with Crippen LogP contribution in [0.25, 0.3) is 119 Å².